The van der Waals surface area contributed by atoms with Crippen LogP contribution in [0.1, 0.15) is 22.2 Å². The Balaban J connectivity index is 1.53. The monoisotopic (exact) mass is 346 g/mol. The highest BCUT2D eigenvalue weighted by Gasteiger charge is 2.08. The number of benzene rings is 1. The average molecular weight is 347 g/mol. The van der Waals surface area contributed by atoms with Crippen molar-refractivity contribution >= 4 is 22.9 Å². The maximum absolute atomic E-state index is 10.2. The summed E-state index contributed by atoms with van der Waals surface area (Å²) in [6.07, 6.45) is 1.56. The molecule has 0 fully saturated rings. The van der Waals surface area contributed by atoms with Crippen molar-refractivity contribution in [2.24, 2.45) is 0 Å². The molecule has 1 aromatic carbocycles. The number of hydrogen-bond donors (Lipinski definition) is 2. The molecule has 0 bridgehead atoms. The van der Waals surface area contributed by atoms with Gasteiger partial charge in [0.25, 0.3) is 0 Å². The number of nitrogens with zero attached hydrogens (tertiary/aromatic N) is 1. The molecule has 120 valence electrons. The molecule has 2 N–H and O–H groups in total. The lowest BCUT2D eigenvalue weighted by molar-refractivity contribution is 0.174. The van der Waals surface area contributed by atoms with Crippen molar-refractivity contribution in [3.63, 3.8) is 0 Å². The maximum Gasteiger partial charge on any atom is 0.0914 e. The molecule has 0 aliphatic heterocycles. The van der Waals surface area contributed by atoms with E-state index in [4.69, 9.17) is 11.6 Å². The summed E-state index contributed by atoms with van der Waals surface area (Å²) in [6.45, 7) is 2.12. The fourth-order valence-corrected chi connectivity index (χ4v) is 3.30. The van der Waals surface area contributed by atoms with Crippen LogP contribution < -0.4 is 5.32 Å². The van der Waals surface area contributed by atoms with Gasteiger partial charge in [-0.25, -0.2) is 0 Å². The minimum absolute atomic E-state index is 0.506. The molecule has 3 aromatic rings. The minimum Gasteiger partial charge on any atom is -0.387 e. The van der Waals surface area contributed by atoms with Gasteiger partial charge in [-0.3, -0.25) is 0 Å². The molecule has 0 saturated carbocycles. The smallest absolute Gasteiger partial charge is 0.0914 e. The second kappa shape index (κ2) is 7.79. The molecular weight excluding hydrogens is 328 g/mol. The van der Waals surface area contributed by atoms with Gasteiger partial charge in [-0.1, -0.05) is 29.8 Å². The number of thiophene rings is 1. The van der Waals surface area contributed by atoms with Gasteiger partial charge in [-0.05, 0) is 41.3 Å². The number of nitrogens with one attached hydrogen (secondary N) is 1. The van der Waals surface area contributed by atoms with Gasteiger partial charge in [0, 0.05) is 34.9 Å². The Morgan fingerprint density at radius 1 is 1.13 bits per heavy atom. The lowest BCUT2D eigenvalue weighted by Gasteiger charge is -2.13. The standard InChI is InChI=1S/C18H19ClN2OS/c19-15-7-5-14(6-8-15)18(22)12-20-11-16-3-1-9-21(16)13-17-4-2-10-23-17/h1-10,18,20,22H,11-13H2. The summed E-state index contributed by atoms with van der Waals surface area (Å²) < 4.78 is 2.23. The van der Waals surface area contributed by atoms with Crippen molar-refractivity contribution in [3.05, 3.63) is 81.3 Å². The normalized spacial score (nSPS) is 12.4. The molecular formula is C18H19ClN2OS. The van der Waals surface area contributed by atoms with Gasteiger partial charge in [0.15, 0.2) is 0 Å². The van der Waals surface area contributed by atoms with E-state index in [2.05, 4.69) is 45.7 Å². The van der Waals surface area contributed by atoms with Crippen molar-refractivity contribution in [2.45, 2.75) is 19.2 Å². The molecule has 5 heteroatoms. The van der Waals surface area contributed by atoms with Gasteiger partial charge in [0.2, 0.25) is 0 Å². The molecule has 0 aliphatic carbocycles. The molecule has 1 unspecified atom stereocenters. The topological polar surface area (TPSA) is 37.2 Å². The van der Waals surface area contributed by atoms with E-state index >= 15 is 0 Å². The SMILES string of the molecule is OC(CNCc1cccn1Cc1cccs1)c1ccc(Cl)cc1. The molecule has 23 heavy (non-hydrogen) atoms. The quantitative estimate of drug-likeness (QED) is 0.676. The first-order valence-corrected chi connectivity index (χ1v) is 8.79. The lowest BCUT2D eigenvalue weighted by atomic mass is 10.1. The van der Waals surface area contributed by atoms with Crippen LogP contribution >= 0.6 is 22.9 Å². The first kappa shape index (κ1) is 16.3. The van der Waals surface area contributed by atoms with Crippen molar-refractivity contribution in [1.29, 1.82) is 0 Å². The zero-order valence-corrected chi connectivity index (χ0v) is 14.2. The largest absolute Gasteiger partial charge is 0.387 e. The Kier molecular flexibility index (Phi) is 5.51. The molecule has 0 radical (unpaired) electrons. The molecule has 3 rings (SSSR count). The maximum atomic E-state index is 10.2. The Morgan fingerprint density at radius 2 is 1.96 bits per heavy atom. The molecule has 0 aliphatic rings. The van der Waals surface area contributed by atoms with Crippen molar-refractivity contribution in [2.75, 3.05) is 6.54 Å². The molecule has 0 spiro atoms. The van der Waals surface area contributed by atoms with Crippen LogP contribution in [-0.2, 0) is 13.1 Å². The highest BCUT2D eigenvalue weighted by molar-refractivity contribution is 7.09. The Bertz CT molecular complexity index is 722. The van der Waals surface area contributed by atoms with Crippen molar-refractivity contribution in [1.82, 2.24) is 9.88 Å². The predicted molar refractivity (Wildman–Crippen MR) is 96.0 cm³/mol. The van der Waals surface area contributed by atoms with Crippen LogP contribution in [0.25, 0.3) is 0 Å². The molecule has 2 aromatic heterocycles. The average Bonchev–Trinajstić information content (AvgIpc) is 3.21. The van der Waals surface area contributed by atoms with E-state index in [1.807, 2.05) is 12.1 Å². The second-order valence-corrected chi connectivity index (χ2v) is 6.87. The van der Waals surface area contributed by atoms with E-state index in [0.717, 1.165) is 18.7 Å². The van der Waals surface area contributed by atoms with Gasteiger partial charge in [0.05, 0.1) is 12.6 Å². The summed E-state index contributed by atoms with van der Waals surface area (Å²) in [4.78, 5) is 1.34. The van der Waals surface area contributed by atoms with Crippen LogP contribution in [0, 0.1) is 0 Å². The summed E-state index contributed by atoms with van der Waals surface area (Å²) in [6, 6.07) is 15.7. The Labute approximate surface area is 145 Å². The molecule has 1 atom stereocenters. The van der Waals surface area contributed by atoms with E-state index in [-0.39, 0.29) is 0 Å². The third-order valence-electron chi connectivity index (χ3n) is 3.73. The van der Waals surface area contributed by atoms with Gasteiger partial charge < -0.3 is 15.0 Å². The zero-order chi connectivity index (χ0) is 16.1. The summed E-state index contributed by atoms with van der Waals surface area (Å²) in [5.41, 5.74) is 2.08. The molecule has 0 amide bonds. The van der Waals surface area contributed by atoms with Crippen molar-refractivity contribution < 1.29 is 5.11 Å². The minimum atomic E-state index is -0.534. The number of aliphatic hydroxyl groups is 1. The fraction of sp³-hybridized carbons (Fsp3) is 0.222. The summed E-state index contributed by atoms with van der Waals surface area (Å²) in [5, 5.41) is 16.3. The number of halogens is 1. The van der Waals surface area contributed by atoms with E-state index in [1.54, 1.807) is 23.5 Å². The summed E-state index contributed by atoms with van der Waals surface area (Å²) >= 11 is 7.63. The second-order valence-electron chi connectivity index (χ2n) is 5.41. The van der Waals surface area contributed by atoms with Gasteiger partial charge in [0.1, 0.15) is 0 Å². The van der Waals surface area contributed by atoms with Crippen LogP contribution in [-0.4, -0.2) is 16.2 Å². The van der Waals surface area contributed by atoms with Crippen LogP contribution in [0.4, 0.5) is 0 Å². The van der Waals surface area contributed by atoms with Crippen LogP contribution in [0.2, 0.25) is 5.02 Å². The van der Waals surface area contributed by atoms with Crippen LogP contribution in [0.3, 0.4) is 0 Å². The Hall–Kier alpha value is -1.59. The van der Waals surface area contributed by atoms with Crippen LogP contribution in [0.15, 0.2) is 60.1 Å². The first-order valence-electron chi connectivity index (χ1n) is 7.53. The number of aliphatic hydroxyl groups excluding tert-OH is 1. The summed E-state index contributed by atoms with van der Waals surface area (Å²) in [5.74, 6) is 0. The number of hydrogen-bond acceptors (Lipinski definition) is 3. The highest BCUT2D eigenvalue weighted by Crippen LogP contribution is 2.16. The lowest BCUT2D eigenvalue weighted by Crippen LogP contribution is -2.22. The predicted octanol–water partition coefficient (Wildman–Crippen LogP) is 4.07. The highest BCUT2D eigenvalue weighted by atomic mass is 35.5. The number of aromatic nitrogens is 1. The fourth-order valence-electron chi connectivity index (χ4n) is 2.47. The van der Waals surface area contributed by atoms with Crippen LogP contribution in [0.5, 0.6) is 0 Å². The third-order valence-corrected chi connectivity index (χ3v) is 4.84. The molecule has 3 nitrogen and oxygen atoms in total. The molecule has 0 saturated heterocycles. The van der Waals surface area contributed by atoms with Gasteiger partial charge >= 0.3 is 0 Å². The van der Waals surface area contributed by atoms with Gasteiger partial charge in [-0.2, -0.15) is 0 Å². The molecule has 2 heterocycles. The van der Waals surface area contributed by atoms with Gasteiger partial charge in [-0.15, -0.1) is 11.3 Å². The number of rotatable bonds is 7. The first-order chi connectivity index (χ1) is 11.2. The zero-order valence-electron chi connectivity index (χ0n) is 12.7. The summed E-state index contributed by atoms with van der Waals surface area (Å²) in [7, 11) is 0. The Morgan fingerprint density at radius 3 is 2.70 bits per heavy atom. The third kappa shape index (κ3) is 4.45. The van der Waals surface area contributed by atoms with E-state index in [1.165, 1.54) is 10.6 Å². The van der Waals surface area contributed by atoms with Crippen molar-refractivity contribution in [3.8, 4) is 0 Å². The van der Waals surface area contributed by atoms with E-state index in [0.29, 0.717) is 11.6 Å². The van der Waals surface area contributed by atoms with E-state index in [9.17, 15) is 5.11 Å². The van der Waals surface area contributed by atoms with E-state index < -0.39 is 6.10 Å².